The van der Waals surface area contributed by atoms with Gasteiger partial charge in [0.25, 0.3) is 0 Å². The Morgan fingerprint density at radius 3 is 2.43 bits per heavy atom. The van der Waals surface area contributed by atoms with Crippen LogP contribution in [0.4, 0.5) is 4.79 Å². The van der Waals surface area contributed by atoms with Crippen LogP contribution in [0.25, 0.3) is 0 Å². The van der Waals surface area contributed by atoms with Crippen LogP contribution < -0.4 is 0 Å². The molecule has 1 aromatic rings. The topological polar surface area (TPSA) is 69.7 Å². The van der Waals surface area contributed by atoms with E-state index in [4.69, 9.17) is 4.74 Å². The van der Waals surface area contributed by atoms with E-state index >= 15 is 0 Å². The lowest BCUT2D eigenvalue weighted by Gasteiger charge is -2.20. The molecule has 0 radical (unpaired) electrons. The number of benzene rings is 1. The first-order valence-corrected chi connectivity index (χ1v) is 8.65. The van der Waals surface area contributed by atoms with Gasteiger partial charge >= 0.3 is 16.3 Å². The van der Waals surface area contributed by atoms with Crippen molar-refractivity contribution in [2.24, 2.45) is 5.92 Å². The van der Waals surface area contributed by atoms with Gasteiger partial charge in [0, 0.05) is 0 Å². The molecular formula is C15H20O5S. The summed E-state index contributed by atoms with van der Waals surface area (Å²) < 4.78 is 32.9. The summed E-state index contributed by atoms with van der Waals surface area (Å²) in [4.78, 5) is 11.4. The van der Waals surface area contributed by atoms with Crippen molar-refractivity contribution in [3.63, 3.8) is 0 Å². The van der Waals surface area contributed by atoms with Crippen LogP contribution in [0.2, 0.25) is 0 Å². The Labute approximate surface area is 125 Å². The van der Waals surface area contributed by atoms with Crippen LogP contribution in [0.15, 0.2) is 35.2 Å². The van der Waals surface area contributed by atoms with Gasteiger partial charge in [0.1, 0.15) is 4.90 Å². The van der Waals surface area contributed by atoms with Gasteiger partial charge in [0.05, 0.1) is 6.61 Å². The zero-order valence-corrected chi connectivity index (χ0v) is 12.7. The van der Waals surface area contributed by atoms with Crippen molar-refractivity contribution in [3.8, 4) is 0 Å². The molecule has 116 valence electrons. The van der Waals surface area contributed by atoms with Gasteiger partial charge in [-0.2, -0.15) is 8.42 Å². The van der Waals surface area contributed by atoms with Crippen molar-refractivity contribution in [3.05, 3.63) is 30.3 Å². The predicted octanol–water partition coefficient (Wildman–Crippen LogP) is 3.50. The third kappa shape index (κ3) is 5.04. The molecule has 0 amide bonds. The Bertz CT molecular complexity index is 547. The molecule has 0 atom stereocenters. The van der Waals surface area contributed by atoms with Gasteiger partial charge in [-0.1, -0.05) is 50.3 Å². The number of carbonyl (C=O) groups excluding carboxylic acids is 1. The number of hydrogen-bond acceptors (Lipinski definition) is 5. The van der Waals surface area contributed by atoms with E-state index < -0.39 is 16.3 Å². The van der Waals surface area contributed by atoms with E-state index in [0.29, 0.717) is 5.92 Å². The molecule has 6 heteroatoms. The third-order valence-corrected chi connectivity index (χ3v) is 4.89. The molecule has 5 nitrogen and oxygen atoms in total. The van der Waals surface area contributed by atoms with Crippen LogP contribution in [0.5, 0.6) is 0 Å². The van der Waals surface area contributed by atoms with E-state index in [0.717, 1.165) is 19.3 Å². The summed E-state index contributed by atoms with van der Waals surface area (Å²) in [5.41, 5.74) is 0. The Kier molecular flexibility index (Phi) is 5.61. The summed E-state index contributed by atoms with van der Waals surface area (Å²) in [6.45, 7) is 0.202. The molecule has 0 heterocycles. The molecule has 0 spiro atoms. The molecule has 0 aromatic heterocycles. The summed E-state index contributed by atoms with van der Waals surface area (Å²) in [7, 11) is -4.09. The van der Waals surface area contributed by atoms with Crippen LogP contribution in [0, 0.1) is 5.92 Å². The quantitative estimate of drug-likeness (QED) is 0.615. The van der Waals surface area contributed by atoms with Gasteiger partial charge in [-0.25, -0.2) is 4.79 Å². The maximum atomic E-state index is 11.8. The maximum Gasteiger partial charge on any atom is 0.524 e. The standard InChI is InChI=1S/C15H20O5S/c16-15(19-12-11-13-7-3-1-4-8-13)20-21(17,18)14-9-5-2-6-10-14/h2,5-6,9-10,13H,1,3-4,7-8,11-12H2. The highest BCUT2D eigenvalue weighted by Crippen LogP contribution is 2.26. The number of ether oxygens (including phenoxy) is 1. The molecule has 0 bridgehead atoms. The highest BCUT2D eigenvalue weighted by Gasteiger charge is 2.21. The van der Waals surface area contributed by atoms with Gasteiger partial charge in [0.15, 0.2) is 0 Å². The zero-order valence-electron chi connectivity index (χ0n) is 11.9. The van der Waals surface area contributed by atoms with Crippen LogP contribution in [0.3, 0.4) is 0 Å². The summed E-state index contributed by atoms with van der Waals surface area (Å²) in [6, 6.07) is 7.53. The molecule has 1 aromatic carbocycles. The first kappa shape index (κ1) is 15.8. The SMILES string of the molecule is O=C(OCCC1CCCCC1)OS(=O)(=O)c1ccccc1. The van der Waals surface area contributed by atoms with Crippen molar-refractivity contribution < 1.29 is 22.1 Å². The van der Waals surface area contributed by atoms with Crippen LogP contribution in [-0.2, 0) is 19.0 Å². The largest absolute Gasteiger partial charge is 0.524 e. The van der Waals surface area contributed by atoms with E-state index in [9.17, 15) is 13.2 Å². The fourth-order valence-electron chi connectivity index (χ4n) is 2.53. The van der Waals surface area contributed by atoms with E-state index in [2.05, 4.69) is 4.18 Å². The molecule has 0 N–H and O–H groups in total. The minimum absolute atomic E-state index is 0.0609. The predicted molar refractivity (Wildman–Crippen MR) is 77.3 cm³/mol. The van der Waals surface area contributed by atoms with Crippen molar-refractivity contribution in [2.75, 3.05) is 6.61 Å². The van der Waals surface area contributed by atoms with Gasteiger partial charge < -0.3 is 8.92 Å². The normalized spacial score (nSPS) is 16.4. The van der Waals surface area contributed by atoms with Crippen LogP contribution in [0.1, 0.15) is 38.5 Å². The molecule has 1 aliphatic carbocycles. The second kappa shape index (κ2) is 7.45. The molecule has 21 heavy (non-hydrogen) atoms. The van der Waals surface area contributed by atoms with Gasteiger partial charge in [0.2, 0.25) is 0 Å². The van der Waals surface area contributed by atoms with Crippen LogP contribution in [-0.4, -0.2) is 21.2 Å². The number of hydrogen-bond donors (Lipinski definition) is 0. The van der Waals surface area contributed by atoms with Crippen LogP contribution >= 0.6 is 0 Å². The highest BCUT2D eigenvalue weighted by atomic mass is 32.2. The van der Waals surface area contributed by atoms with Crippen molar-refractivity contribution >= 4 is 16.3 Å². The van der Waals surface area contributed by atoms with E-state index in [1.54, 1.807) is 18.2 Å². The second-order valence-electron chi connectivity index (χ2n) is 5.24. The van der Waals surface area contributed by atoms with Crippen molar-refractivity contribution in [1.29, 1.82) is 0 Å². The van der Waals surface area contributed by atoms with E-state index in [-0.39, 0.29) is 11.5 Å². The second-order valence-corrected chi connectivity index (χ2v) is 6.79. The highest BCUT2D eigenvalue weighted by molar-refractivity contribution is 7.87. The lowest BCUT2D eigenvalue weighted by Crippen LogP contribution is -2.17. The molecule has 0 aliphatic heterocycles. The Hall–Kier alpha value is -1.56. The fraction of sp³-hybridized carbons (Fsp3) is 0.533. The average molecular weight is 312 g/mol. The smallest absolute Gasteiger partial charge is 0.433 e. The van der Waals surface area contributed by atoms with Crippen molar-refractivity contribution in [2.45, 2.75) is 43.4 Å². The summed E-state index contributed by atoms with van der Waals surface area (Å²) in [5.74, 6) is 0.567. The maximum absolute atomic E-state index is 11.8. The zero-order chi connectivity index (χ0) is 15.1. The lowest BCUT2D eigenvalue weighted by atomic mass is 9.87. The third-order valence-electron chi connectivity index (χ3n) is 3.68. The van der Waals surface area contributed by atoms with Gasteiger partial charge in [-0.3, -0.25) is 0 Å². The minimum atomic E-state index is -4.09. The number of carbonyl (C=O) groups is 1. The Balaban J connectivity index is 1.76. The molecule has 1 fully saturated rings. The molecule has 0 saturated heterocycles. The number of rotatable bonds is 5. The van der Waals surface area contributed by atoms with E-state index in [1.807, 2.05) is 0 Å². The first-order valence-electron chi connectivity index (χ1n) is 7.24. The molecule has 0 unspecified atom stereocenters. The minimum Gasteiger partial charge on any atom is -0.433 e. The molecule has 2 rings (SSSR count). The first-order chi connectivity index (χ1) is 10.1. The summed E-state index contributed by atoms with van der Waals surface area (Å²) in [6.07, 6.45) is 5.63. The summed E-state index contributed by atoms with van der Waals surface area (Å²) >= 11 is 0. The summed E-state index contributed by atoms with van der Waals surface area (Å²) in [5, 5.41) is 0. The lowest BCUT2D eigenvalue weighted by molar-refractivity contribution is 0.0933. The Morgan fingerprint density at radius 2 is 1.76 bits per heavy atom. The van der Waals surface area contributed by atoms with Gasteiger partial charge in [-0.05, 0) is 24.5 Å². The Morgan fingerprint density at radius 1 is 1.10 bits per heavy atom. The molecular weight excluding hydrogens is 292 g/mol. The van der Waals surface area contributed by atoms with E-state index in [1.165, 1.54) is 31.4 Å². The van der Waals surface area contributed by atoms with Crippen molar-refractivity contribution in [1.82, 2.24) is 0 Å². The fourth-order valence-corrected chi connectivity index (χ4v) is 3.35. The average Bonchev–Trinajstić information content (AvgIpc) is 2.49. The molecule has 1 saturated carbocycles. The molecule has 1 aliphatic rings. The monoisotopic (exact) mass is 312 g/mol. The van der Waals surface area contributed by atoms with Gasteiger partial charge in [-0.15, -0.1) is 0 Å².